The summed E-state index contributed by atoms with van der Waals surface area (Å²) in [6, 6.07) is 13.1. The molecule has 1 N–H and O–H groups in total. The van der Waals surface area contributed by atoms with Crippen LogP contribution in [0, 0.1) is 6.92 Å². The second-order valence-corrected chi connectivity index (χ2v) is 6.57. The van der Waals surface area contributed by atoms with E-state index in [2.05, 4.69) is 25.5 Å². The number of fused-ring (bicyclic) bond motifs is 1. The maximum atomic E-state index is 12.8. The van der Waals surface area contributed by atoms with Crippen molar-refractivity contribution >= 4 is 33.3 Å². The molecular weight excluding hydrogens is 334 g/mol. The number of carbonyl (C=O) groups is 1. The fourth-order valence-electron chi connectivity index (χ4n) is 2.55. The van der Waals surface area contributed by atoms with Gasteiger partial charge in [0.15, 0.2) is 0 Å². The second kappa shape index (κ2) is 6.37. The van der Waals surface area contributed by atoms with Crippen molar-refractivity contribution in [3.63, 3.8) is 0 Å². The number of amides is 1. The van der Waals surface area contributed by atoms with Crippen LogP contribution in [-0.4, -0.2) is 26.1 Å². The number of aryl methyl sites for hydroxylation is 1. The van der Waals surface area contributed by atoms with Crippen LogP contribution in [0.1, 0.15) is 15.4 Å². The van der Waals surface area contributed by atoms with Crippen LogP contribution in [0.4, 0.5) is 5.13 Å². The maximum absolute atomic E-state index is 12.8. The van der Waals surface area contributed by atoms with Crippen molar-refractivity contribution in [1.29, 1.82) is 0 Å². The van der Waals surface area contributed by atoms with Gasteiger partial charge in [0.1, 0.15) is 5.01 Å². The Bertz CT molecular complexity index is 1060. The van der Waals surface area contributed by atoms with E-state index in [0.29, 0.717) is 10.7 Å². The van der Waals surface area contributed by atoms with Crippen molar-refractivity contribution in [3.05, 3.63) is 65.4 Å². The van der Waals surface area contributed by atoms with Gasteiger partial charge in [-0.15, -0.1) is 10.2 Å². The van der Waals surface area contributed by atoms with Gasteiger partial charge in [0, 0.05) is 23.3 Å². The number of hydrogen-bond acceptors (Lipinski definition) is 6. The van der Waals surface area contributed by atoms with Gasteiger partial charge >= 0.3 is 0 Å². The molecule has 0 bridgehead atoms. The first-order chi connectivity index (χ1) is 12.2. The summed E-state index contributed by atoms with van der Waals surface area (Å²) in [5.41, 5.74) is 2.93. The van der Waals surface area contributed by atoms with Crippen molar-refractivity contribution in [3.8, 4) is 11.3 Å². The van der Waals surface area contributed by atoms with E-state index in [1.165, 1.54) is 11.3 Å². The number of benzene rings is 1. The highest BCUT2D eigenvalue weighted by atomic mass is 32.1. The van der Waals surface area contributed by atoms with Crippen molar-refractivity contribution in [1.82, 2.24) is 20.2 Å². The molecule has 122 valence electrons. The lowest BCUT2D eigenvalue weighted by Gasteiger charge is -2.09. The number of aromatic nitrogens is 4. The normalized spacial score (nSPS) is 10.8. The van der Waals surface area contributed by atoms with Crippen molar-refractivity contribution in [2.24, 2.45) is 0 Å². The van der Waals surface area contributed by atoms with Gasteiger partial charge in [-0.05, 0) is 31.2 Å². The minimum atomic E-state index is -0.231. The third kappa shape index (κ3) is 3.09. The Hall–Kier alpha value is -3.19. The highest BCUT2D eigenvalue weighted by Crippen LogP contribution is 2.25. The first-order valence-corrected chi connectivity index (χ1v) is 8.44. The molecule has 0 unspecified atom stereocenters. The second-order valence-electron chi connectivity index (χ2n) is 5.39. The van der Waals surface area contributed by atoms with Crippen LogP contribution in [0.25, 0.3) is 22.2 Å². The Balaban J connectivity index is 1.82. The standard InChI is InChI=1S/C18H13N5OS/c1-11-22-23-18(25-11)21-17(24)14-10-16(12-6-8-19-9-7-12)20-15-5-3-2-4-13(14)15/h2-10H,1H3,(H,21,23,24). The van der Waals surface area contributed by atoms with Gasteiger partial charge in [0.2, 0.25) is 5.13 Å². The summed E-state index contributed by atoms with van der Waals surface area (Å²) in [6.07, 6.45) is 3.41. The molecule has 1 amide bonds. The van der Waals surface area contributed by atoms with Gasteiger partial charge in [0.25, 0.3) is 5.91 Å². The fraction of sp³-hybridized carbons (Fsp3) is 0.0556. The summed E-state index contributed by atoms with van der Waals surface area (Å²) < 4.78 is 0. The fourth-order valence-corrected chi connectivity index (χ4v) is 3.13. The van der Waals surface area contributed by atoms with Crippen molar-refractivity contribution in [2.45, 2.75) is 6.92 Å². The summed E-state index contributed by atoms with van der Waals surface area (Å²) >= 11 is 1.34. The Kier molecular flexibility index (Phi) is 3.91. The van der Waals surface area contributed by atoms with E-state index in [4.69, 9.17) is 0 Å². The summed E-state index contributed by atoms with van der Waals surface area (Å²) in [7, 11) is 0. The smallest absolute Gasteiger partial charge is 0.258 e. The average molecular weight is 347 g/mol. The van der Waals surface area contributed by atoms with Gasteiger partial charge in [-0.3, -0.25) is 15.1 Å². The van der Waals surface area contributed by atoms with Gasteiger partial charge in [-0.1, -0.05) is 29.5 Å². The van der Waals surface area contributed by atoms with Crippen LogP contribution in [0.15, 0.2) is 54.9 Å². The molecule has 0 saturated heterocycles. The summed E-state index contributed by atoms with van der Waals surface area (Å²) in [5.74, 6) is -0.231. The molecule has 0 aliphatic carbocycles. The first-order valence-electron chi connectivity index (χ1n) is 7.62. The predicted molar refractivity (Wildman–Crippen MR) is 97.6 cm³/mol. The lowest BCUT2D eigenvalue weighted by Crippen LogP contribution is -2.13. The van der Waals surface area contributed by atoms with E-state index < -0.39 is 0 Å². The average Bonchev–Trinajstić information content (AvgIpc) is 3.06. The third-order valence-corrected chi connectivity index (χ3v) is 4.44. The maximum Gasteiger partial charge on any atom is 0.258 e. The minimum Gasteiger partial charge on any atom is -0.296 e. The topological polar surface area (TPSA) is 80.7 Å². The Morgan fingerprint density at radius 1 is 1.08 bits per heavy atom. The Morgan fingerprint density at radius 2 is 1.88 bits per heavy atom. The quantitative estimate of drug-likeness (QED) is 0.611. The van der Waals surface area contributed by atoms with Crippen LogP contribution in [0.3, 0.4) is 0 Å². The van der Waals surface area contributed by atoms with E-state index >= 15 is 0 Å². The molecule has 0 aliphatic heterocycles. The summed E-state index contributed by atoms with van der Waals surface area (Å²) in [5, 5.41) is 12.8. The molecule has 1 aromatic carbocycles. The monoisotopic (exact) mass is 347 g/mol. The zero-order valence-electron chi connectivity index (χ0n) is 13.3. The van der Waals surface area contributed by atoms with Crippen molar-refractivity contribution < 1.29 is 4.79 Å². The number of para-hydroxylation sites is 1. The van der Waals surface area contributed by atoms with Gasteiger partial charge in [-0.2, -0.15) is 0 Å². The minimum absolute atomic E-state index is 0.231. The number of hydrogen-bond donors (Lipinski definition) is 1. The molecule has 0 aliphatic rings. The molecule has 7 heteroatoms. The van der Waals surface area contributed by atoms with Gasteiger partial charge < -0.3 is 0 Å². The number of carbonyl (C=O) groups excluding carboxylic acids is 1. The summed E-state index contributed by atoms with van der Waals surface area (Å²) in [4.78, 5) is 21.5. The van der Waals surface area contributed by atoms with E-state index in [9.17, 15) is 4.79 Å². The predicted octanol–water partition coefficient (Wildman–Crippen LogP) is 3.71. The molecule has 0 fully saturated rings. The molecule has 4 rings (SSSR count). The zero-order chi connectivity index (χ0) is 17.2. The van der Waals surface area contributed by atoms with E-state index in [0.717, 1.165) is 27.2 Å². The van der Waals surface area contributed by atoms with Crippen LogP contribution in [0.5, 0.6) is 0 Å². The van der Waals surface area contributed by atoms with Crippen molar-refractivity contribution in [2.75, 3.05) is 5.32 Å². The number of nitrogens with zero attached hydrogens (tertiary/aromatic N) is 4. The number of rotatable bonds is 3. The van der Waals surface area contributed by atoms with Crippen LogP contribution < -0.4 is 5.32 Å². The van der Waals surface area contributed by atoms with Gasteiger partial charge in [-0.25, -0.2) is 4.98 Å². The molecule has 3 aromatic heterocycles. The zero-order valence-corrected chi connectivity index (χ0v) is 14.1. The van der Waals surface area contributed by atoms with E-state index in [-0.39, 0.29) is 5.91 Å². The van der Waals surface area contributed by atoms with Gasteiger partial charge in [0.05, 0.1) is 16.8 Å². The SMILES string of the molecule is Cc1nnc(NC(=O)c2cc(-c3ccncc3)nc3ccccc23)s1. The van der Waals surface area contributed by atoms with Crippen LogP contribution in [-0.2, 0) is 0 Å². The van der Waals surface area contributed by atoms with E-state index in [1.807, 2.05) is 43.3 Å². The molecular formula is C18H13N5OS. The molecule has 0 radical (unpaired) electrons. The molecule has 25 heavy (non-hydrogen) atoms. The third-order valence-electron chi connectivity index (χ3n) is 3.68. The van der Waals surface area contributed by atoms with Crippen LogP contribution >= 0.6 is 11.3 Å². The lowest BCUT2D eigenvalue weighted by molar-refractivity contribution is 0.102. The Morgan fingerprint density at radius 3 is 2.64 bits per heavy atom. The number of nitrogens with one attached hydrogen (secondary N) is 1. The molecule has 0 saturated carbocycles. The molecule has 3 heterocycles. The highest BCUT2D eigenvalue weighted by molar-refractivity contribution is 7.15. The lowest BCUT2D eigenvalue weighted by atomic mass is 10.0. The molecule has 6 nitrogen and oxygen atoms in total. The molecule has 0 spiro atoms. The van der Waals surface area contributed by atoms with Crippen LogP contribution in [0.2, 0.25) is 0 Å². The highest BCUT2D eigenvalue weighted by Gasteiger charge is 2.15. The number of anilines is 1. The largest absolute Gasteiger partial charge is 0.296 e. The Labute approximate surface area is 147 Å². The first kappa shape index (κ1) is 15.3. The molecule has 4 aromatic rings. The van der Waals surface area contributed by atoms with E-state index in [1.54, 1.807) is 18.5 Å². The number of pyridine rings is 2. The molecule has 0 atom stereocenters. The summed E-state index contributed by atoms with van der Waals surface area (Å²) in [6.45, 7) is 1.84.